The van der Waals surface area contributed by atoms with Crippen molar-refractivity contribution in [3.8, 4) is 5.75 Å². The van der Waals surface area contributed by atoms with E-state index in [1.807, 2.05) is 37.8 Å². The Labute approximate surface area is 147 Å². The largest absolute Gasteiger partial charge is 0.489 e. The highest BCUT2D eigenvalue weighted by molar-refractivity contribution is 6.30. The molecule has 0 saturated carbocycles. The van der Waals surface area contributed by atoms with Crippen LogP contribution in [0.2, 0.25) is 5.02 Å². The molecule has 6 nitrogen and oxygen atoms in total. The van der Waals surface area contributed by atoms with Crippen molar-refractivity contribution in [3.63, 3.8) is 0 Å². The molecule has 0 spiro atoms. The lowest BCUT2D eigenvalue weighted by atomic mass is 10.0. The topological polar surface area (TPSA) is 84.7 Å². The first-order valence-corrected chi connectivity index (χ1v) is 8.40. The van der Waals surface area contributed by atoms with Gasteiger partial charge in [-0.05, 0) is 31.0 Å². The van der Waals surface area contributed by atoms with Crippen LogP contribution >= 0.6 is 11.6 Å². The molecule has 2 amide bonds. The molecule has 132 valence electrons. The van der Waals surface area contributed by atoms with E-state index >= 15 is 0 Å². The first-order chi connectivity index (χ1) is 11.3. The highest BCUT2D eigenvalue weighted by atomic mass is 35.5. The first kappa shape index (κ1) is 18.5. The third kappa shape index (κ3) is 4.85. The Kier molecular flexibility index (Phi) is 6.07. The van der Waals surface area contributed by atoms with Gasteiger partial charge >= 0.3 is 0 Å². The third-order valence-electron chi connectivity index (χ3n) is 3.92. The molecule has 2 rings (SSSR count). The van der Waals surface area contributed by atoms with Crippen molar-refractivity contribution in [2.24, 2.45) is 11.7 Å². The fourth-order valence-electron chi connectivity index (χ4n) is 2.82. The molecule has 3 N–H and O–H groups in total. The predicted molar refractivity (Wildman–Crippen MR) is 92.8 cm³/mol. The van der Waals surface area contributed by atoms with E-state index in [0.29, 0.717) is 18.1 Å². The van der Waals surface area contributed by atoms with Crippen LogP contribution in [0.3, 0.4) is 0 Å². The number of nitrogens with two attached hydrogens (primary N) is 1. The summed E-state index contributed by atoms with van der Waals surface area (Å²) in [4.78, 5) is 25.7. The normalized spacial score (nSPS) is 19.1. The number of nitrogens with one attached hydrogen (secondary N) is 1. The summed E-state index contributed by atoms with van der Waals surface area (Å²) in [5.74, 6) is -0.0300. The Bertz CT molecular complexity index is 621. The van der Waals surface area contributed by atoms with Gasteiger partial charge in [0.1, 0.15) is 17.9 Å². The van der Waals surface area contributed by atoms with Gasteiger partial charge in [0.05, 0.1) is 6.54 Å². The number of hydrogen-bond acceptors (Lipinski definition) is 4. The van der Waals surface area contributed by atoms with Crippen LogP contribution in [-0.4, -0.2) is 41.9 Å². The number of rotatable bonds is 5. The summed E-state index contributed by atoms with van der Waals surface area (Å²) in [6, 6.07) is 4.81. The average Bonchev–Trinajstić information content (AvgIpc) is 2.61. The quantitative estimate of drug-likeness (QED) is 0.841. The molecule has 0 saturated heterocycles. The van der Waals surface area contributed by atoms with E-state index < -0.39 is 11.9 Å². The first-order valence-electron chi connectivity index (χ1n) is 8.02. The van der Waals surface area contributed by atoms with Crippen molar-refractivity contribution < 1.29 is 14.3 Å². The lowest BCUT2D eigenvalue weighted by Gasteiger charge is -2.24. The lowest BCUT2D eigenvalue weighted by Crippen LogP contribution is -2.50. The minimum atomic E-state index is -0.667. The Morgan fingerprint density at radius 1 is 1.46 bits per heavy atom. The fourth-order valence-corrected chi connectivity index (χ4v) is 3.01. The van der Waals surface area contributed by atoms with Gasteiger partial charge in [0.15, 0.2) is 0 Å². The van der Waals surface area contributed by atoms with Crippen LogP contribution in [-0.2, 0) is 16.1 Å². The Morgan fingerprint density at radius 3 is 2.79 bits per heavy atom. The van der Waals surface area contributed by atoms with Gasteiger partial charge in [-0.15, -0.1) is 0 Å². The van der Waals surface area contributed by atoms with E-state index in [0.717, 1.165) is 11.3 Å². The highest BCUT2D eigenvalue weighted by Crippen LogP contribution is 2.27. The minimum absolute atomic E-state index is 0.0580. The van der Waals surface area contributed by atoms with Gasteiger partial charge in [-0.2, -0.15) is 0 Å². The van der Waals surface area contributed by atoms with Gasteiger partial charge in [-0.25, -0.2) is 0 Å². The number of carbonyl (C=O) groups is 2. The Morgan fingerprint density at radius 2 is 2.17 bits per heavy atom. The standard InChI is InChI=1S/C17H24ClN3O3/c1-10(2)16(17(19)23)20-15(22)9-21-7-11(3)24-14-5-4-13(18)6-12(14)8-21/h4-6,10-11,16H,7-9H2,1-3H3,(H2,19,23)(H,20,22)/t11-,16-/m0/s1. The zero-order valence-electron chi connectivity index (χ0n) is 14.2. The van der Waals surface area contributed by atoms with Crippen molar-refractivity contribution in [1.29, 1.82) is 0 Å². The summed E-state index contributed by atoms with van der Waals surface area (Å²) in [5, 5.41) is 3.34. The van der Waals surface area contributed by atoms with Crippen LogP contribution in [0.25, 0.3) is 0 Å². The number of carbonyl (C=O) groups excluding carboxylic acids is 2. The maximum atomic E-state index is 12.3. The SMILES string of the molecule is CC(C)[C@H](NC(=O)CN1Cc2cc(Cl)ccc2O[C@@H](C)C1)C(N)=O. The second-order valence-corrected chi connectivity index (χ2v) is 6.98. The predicted octanol–water partition coefficient (Wildman–Crippen LogP) is 1.55. The summed E-state index contributed by atoms with van der Waals surface area (Å²) >= 11 is 6.05. The Hall–Kier alpha value is -1.79. The van der Waals surface area contributed by atoms with Gasteiger partial charge in [-0.1, -0.05) is 25.4 Å². The molecule has 1 aromatic carbocycles. The number of benzene rings is 1. The van der Waals surface area contributed by atoms with Crippen LogP contribution in [0.5, 0.6) is 5.75 Å². The molecule has 0 radical (unpaired) electrons. The summed E-state index contributed by atoms with van der Waals surface area (Å²) in [7, 11) is 0. The van der Waals surface area contributed by atoms with Crippen molar-refractivity contribution in [1.82, 2.24) is 10.2 Å². The van der Waals surface area contributed by atoms with E-state index in [4.69, 9.17) is 22.1 Å². The zero-order chi connectivity index (χ0) is 17.9. The molecule has 24 heavy (non-hydrogen) atoms. The lowest BCUT2D eigenvalue weighted by molar-refractivity contribution is -0.129. The van der Waals surface area contributed by atoms with Crippen LogP contribution < -0.4 is 15.8 Å². The summed E-state index contributed by atoms with van der Waals surface area (Å²) in [6.45, 7) is 6.95. The molecule has 7 heteroatoms. The van der Waals surface area contributed by atoms with Crippen LogP contribution in [0.15, 0.2) is 18.2 Å². The number of hydrogen-bond donors (Lipinski definition) is 2. The van der Waals surface area contributed by atoms with E-state index in [2.05, 4.69) is 5.32 Å². The molecule has 0 fully saturated rings. The average molecular weight is 354 g/mol. The summed E-state index contributed by atoms with van der Waals surface area (Å²) in [5.41, 5.74) is 6.28. The van der Waals surface area contributed by atoms with E-state index in [1.54, 1.807) is 6.07 Å². The molecule has 2 atom stereocenters. The van der Waals surface area contributed by atoms with E-state index in [-0.39, 0.29) is 24.5 Å². The highest BCUT2D eigenvalue weighted by Gasteiger charge is 2.25. The molecule has 1 aliphatic rings. The number of ether oxygens (including phenoxy) is 1. The monoisotopic (exact) mass is 353 g/mol. The molecule has 0 bridgehead atoms. The molecule has 0 aromatic heterocycles. The second kappa shape index (κ2) is 7.85. The zero-order valence-corrected chi connectivity index (χ0v) is 15.0. The van der Waals surface area contributed by atoms with Gasteiger partial charge in [0.25, 0.3) is 0 Å². The van der Waals surface area contributed by atoms with Gasteiger partial charge in [-0.3, -0.25) is 14.5 Å². The van der Waals surface area contributed by atoms with Crippen LogP contribution in [0.4, 0.5) is 0 Å². The molecule has 0 aliphatic carbocycles. The number of amides is 2. The molecule has 1 aromatic rings. The number of fused-ring (bicyclic) bond motifs is 1. The third-order valence-corrected chi connectivity index (χ3v) is 4.15. The summed E-state index contributed by atoms with van der Waals surface area (Å²) in [6.07, 6.45) is -0.0581. The fraction of sp³-hybridized carbons (Fsp3) is 0.529. The number of halogens is 1. The van der Waals surface area contributed by atoms with E-state index in [1.165, 1.54) is 0 Å². The minimum Gasteiger partial charge on any atom is -0.489 e. The molecular weight excluding hydrogens is 330 g/mol. The van der Waals surface area contributed by atoms with Crippen molar-refractivity contribution in [2.45, 2.75) is 39.5 Å². The van der Waals surface area contributed by atoms with Gasteiger partial charge in [0, 0.05) is 23.7 Å². The van der Waals surface area contributed by atoms with Crippen molar-refractivity contribution >= 4 is 23.4 Å². The maximum Gasteiger partial charge on any atom is 0.240 e. The van der Waals surface area contributed by atoms with Crippen LogP contribution in [0.1, 0.15) is 26.3 Å². The molecule has 1 aliphatic heterocycles. The summed E-state index contributed by atoms with van der Waals surface area (Å²) < 4.78 is 5.88. The van der Waals surface area contributed by atoms with Crippen LogP contribution in [0, 0.1) is 5.92 Å². The van der Waals surface area contributed by atoms with Gasteiger partial charge < -0.3 is 15.8 Å². The number of primary amides is 1. The van der Waals surface area contributed by atoms with E-state index in [9.17, 15) is 9.59 Å². The van der Waals surface area contributed by atoms with Gasteiger partial charge in [0.2, 0.25) is 11.8 Å². The second-order valence-electron chi connectivity index (χ2n) is 6.54. The Balaban J connectivity index is 2.06. The molecular formula is C17H24ClN3O3. The smallest absolute Gasteiger partial charge is 0.240 e. The number of nitrogens with zero attached hydrogens (tertiary/aromatic N) is 1. The molecule has 0 unspecified atom stereocenters. The molecule has 1 heterocycles. The van der Waals surface area contributed by atoms with Crippen molar-refractivity contribution in [3.05, 3.63) is 28.8 Å². The maximum absolute atomic E-state index is 12.3. The van der Waals surface area contributed by atoms with Crippen molar-refractivity contribution in [2.75, 3.05) is 13.1 Å².